The van der Waals surface area contributed by atoms with Crippen LogP contribution in [0.25, 0.3) is 10.2 Å². The minimum Gasteiger partial charge on any atom is -0.486 e. The van der Waals surface area contributed by atoms with Crippen molar-refractivity contribution >= 4 is 27.5 Å². The molecule has 0 N–H and O–H groups in total. The maximum Gasteiger partial charge on any atom is 0.279 e. The number of aromatic nitrogens is 1. The fourth-order valence-corrected chi connectivity index (χ4v) is 3.85. The number of nitrogens with zero attached hydrogens (tertiary/aromatic N) is 2. The topological polar surface area (TPSA) is 52.8 Å². The summed E-state index contributed by atoms with van der Waals surface area (Å²) < 4.78 is 40.3. The molecule has 0 fully saturated rings. The van der Waals surface area contributed by atoms with E-state index in [9.17, 15) is 13.6 Å². The summed E-state index contributed by atoms with van der Waals surface area (Å²) in [6.45, 7) is 0.835. The Morgan fingerprint density at radius 1 is 1.22 bits per heavy atom. The van der Waals surface area contributed by atoms with Crippen LogP contribution in [0.3, 0.4) is 0 Å². The van der Waals surface area contributed by atoms with Crippen LogP contribution in [0.4, 0.5) is 8.78 Å². The van der Waals surface area contributed by atoms with Crippen LogP contribution in [0.2, 0.25) is 0 Å². The number of hydrogen-bond acceptors (Lipinski definition) is 4. The fraction of sp³-hybridized carbons (Fsp3) is 0.158. The minimum atomic E-state index is -0.760. The summed E-state index contributed by atoms with van der Waals surface area (Å²) in [4.78, 5) is 16.8. The number of halogens is 2. The van der Waals surface area contributed by atoms with Crippen molar-refractivity contribution in [3.05, 3.63) is 52.3 Å². The van der Waals surface area contributed by atoms with Crippen LogP contribution < -0.4 is 14.3 Å². The van der Waals surface area contributed by atoms with E-state index in [0.717, 1.165) is 17.4 Å². The molecule has 0 bridgehead atoms. The highest BCUT2D eigenvalue weighted by Gasteiger charge is 2.16. The van der Waals surface area contributed by atoms with E-state index in [1.54, 1.807) is 18.2 Å². The SMILES string of the molecule is C#CCn1c(=NC(=O)c2ccc3c(c2)OCCO3)sc2cc(F)cc(F)c21. The van der Waals surface area contributed by atoms with Gasteiger partial charge in [0, 0.05) is 11.6 Å². The molecule has 1 aromatic heterocycles. The molecule has 1 aliphatic heterocycles. The zero-order valence-corrected chi connectivity index (χ0v) is 14.7. The van der Waals surface area contributed by atoms with Crippen LogP contribution in [0, 0.1) is 24.0 Å². The molecular weight excluding hydrogens is 374 g/mol. The second kappa shape index (κ2) is 6.85. The molecule has 3 aromatic rings. The minimum absolute atomic E-state index is 0.00416. The van der Waals surface area contributed by atoms with Crippen LogP contribution in [0.5, 0.6) is 11.5 Å². The molecule has 27 heavy (non-hydrogen) atoms. The molecule has 0 saturated carbocycles. The van der Waals surface area contributed by atoms with Crippen LogP contribution in [-0.4, -0.2) is 23.7 Å². The normalized spacial score (nSPS) is 13.6. The van der Waals surface area contributed by atoms with E-state index in [1.807, 2.05) is 0 Å². The van der Waals surface area contributed by atoms with Crippen LogP contribution >= 0.6 is 11.3 Å². The Hall–Kier alpha value is -3.18. The summed E-state index contributed by atoms with van der Waals surface area (Å²) in [5, 5.41) is 0. The van der Waals surface area contributed by atoms with E-state index in [0.29, 0.717) is 29.4 Å². The molecule has 1 aliphatic rings. The number of amides is 1. The predicted octanol–water partition coefficient (Wildman–Crippen LogP) is 3.13. The van der Waals surface area contributed by atoms with Crippen molar-refractivity contribution in [3.63, 3.8) is 0 Å². The van der Waals surface area contributed by atoms with Crippen molar-refractivity contribution < 1.29 is 23.0 Å². The standard InChI is InChI=1S/C19H12F2N2O3S/c1-2-5-23-17-13(21)9-12(20)10-16(17)27-19(23)22-18(24)11-3-4-14-15(8-11)26-7-6-25-14/h1,3-4,8-10H,5-7H2. The highest BCUT2D eigenvalue weighted by atomic mass is 32.1. The zero-order valence-electron chi connectivity index (χ0n) is 13.9. The van der Waals surface area contributed by atoms with Gasteiger partial charge in [0.15, 0.2) is 22.1 Å². The number of benzene rings is 2. The molecule has 2 heterocycles. The van der Waals surface area contributed by atoms with Gasteiger partial charge in [-0.05, 0) is 24.3 Å². The van der Waals surface area contributed by atoms with Crippen molar-refractivity contribution in [1.29, 1.82) is 0 Å². The molecule has 0 unspecified atom stereocenters. The molecule has 136 valence electrons. The van der Waals surface area contributed by atoms with E-state index in [-0.39, 0.29) is 22.4 Å². The van der Waals surface area contributed by atoms with Crippen molar-refractivity contribution in [2.75, 3.05) is 13.2 Å². The first-order valence-electron chi connectivity index (χ1n) is 7.97. The van der Waals surface area contributed by atoms with Gasteiger partial charge in [0.2, 0.25) is 0 Å². The summed E-state index contributed by atoms with van der Waals surface area (Å²) in [6, 6.07) is 6.70. The maximum absolute atomic E-state index is 14.2. The third kappa shape index (κ3) is 3.17. The number of carbonyl (C=O) groups is 1. The number of thiazole rings is 1. The van der Waals surface area contributed by atoms with Gasteiger partial charge in [-0.15, -0.1) is 6.42 Å². The van der Waals surface area contributed by atoms with Crippen molar-refractivity contribution in [2.45, 2.75) is 6.54 Å². The predicted molar refractivity (Wildman–Crippen MR) is 95.9 cm³/mol. The average molecular weight is 386 g/mol. The Morgan fingerprint density at radius 3 is 2.78 bits per heavy atom. The number of fused-ring (bicyclic) bond motifs is 2. The molecule has 0 atom stereocenters. The molecule has 0 spiro atoms. The number of carbonyl (C=O) groups excluding carboxylic acids is 1. The summed E-state index contributed by atoms with van der Waals surface area (Å²) in [6.07, 6.45) is 5.36. The first kappa shape index (κ1) is 17.2. The first-order valence-corrected chi connectivity index (χ1v) is 8.79. The lowest BCUT2D eigenvalue weighted by Gasteiger charge is -2.18. The number of hydrogen-bond donors (Lipinski definition) is 0. The Bertz CT molecular complexity index is 1170. The molecule has 0 saturated heterocycles. The average Bonchev–Trinajstić information content (AvgIpc) is 2.98. The lowest BCUT2D eigenvalue weighted by atomic mass is 10.2. The number of ether oxygens (including phenoxy) is 2. The smallest absolute Gasteiger partial charge is 0.279 e. The second-order valence-corrected chi connectivity index (χ2v) is 6.69. The second-order valence-electron chi connectivity index (χ2n) is 5.68. The molecular formula is C19H12F2N2O3S. The Labute approximate surface area is 156 Å². The molecule has 4 rings (SSSR count). The van der Waals surface area contributed by atoms with E-state index >= 15 is 0 Å². The van der Waals surface area contributed by atoms with Gasteiger partial charge in [0.1, 0.15) is 19.0 Å². The van der Waals surface area contributed by atoms with Crippen molar-refractivity contribution in [2.24, 2.45) is 4.99 Å². The molecule has 0 aliphatic carbocycles. The summed E-state index contributed by atoms with van der Waals surface area (Å²) in [5.74, 6) is 1.40. The molecule has 1 amide bonds. The van der Waals surface area contributed by atoms with E-state index < -0.39 is 17.5 Å². The Kier molecular flexibility index (Phi) is 4.38. The summed E-state index contributed by atoms with van der Waals surface area (Å²) in [5.41, 5.74) is 0.406. The number of rotatable bonds is 2. The maximum atomic E-state index is 14.2. The summed E-state index contributed by atoms with van der Waals surface area (Å²) >= 11 is 0.988. The molecule has 5 nitrogen and oxygen atoms in total. The lowest BCUT2D eigenvalue weighted by molar-refractivity contribution is 0.0996. The van der Waals surface area contributed by atoms with Crippen LogP contribution in [-0.2, 0) is 6.54 Å². The Morgan fingerprint density at radius 2 is 2.00 bits per heavy atom. The Balaban J connectivity index is 1.82. The molecule has 8 heteroatoms. The third-order valence-electron chi connectivity index (χ3n) is 3.93. The van der Waals surface area contributed by atoms with Crippen molar-refractivity contribution in [1.82, 2.24) is 4.57 Å². The van der Waals surface area contributed by atoms with Gasteiger partial charge in [-0.3, -0.25) is 4.79 Å². The molecule has 0 radical (unpaired) electrons. The quantitative estimate of drug-likeness (QED) is 0.636. The van der Waals surface area contributed by atoms with E-state index in [1.165, 1.54) is 10.6 Å². The van der Waals surface area contributed by atoms with Gasteiger partial charge in [-0.2, -0.15) is 4.99 Å². The lowest BCUT2D eigenvalue weighted by Crippen LogP contribution is -2.18. The van der Waals surface area contributed by atoms with Gasteiger partial charge >= 0.3 is 0 Å². The van der Waals surface area contributed by atoms with Crippen LogP contribution in [0.1, 0.15) is 10.4 Å². The van der Waals surface area contributed by atoms with Gasteiger partial charge in [0.05, 0.1) is 16.8 Å². The fourth-order valence-electron chi connectivity index (χ4n) is 2.78. The summed E-state index contributed by atoms with van der Waals surface area (Å²) in [7, 11) is 0. The zero-order chi connectivity index (χ0) is 19.0. The largest absolute Gasteiger partial charge is 0.486 e. The third-order valence-corrected chi connectivity index (χ3v) is 4.96. The van der Waals surface area contributed by atoms with Crippen LogP contribution in [0.15, 0.2) is 35.3 Å². The monoisotopic (exact) mass is 386 g/mol. The van der Waals surface area contributed by atoms with Gasteiger partial charge in [-0.25, -0.2) is 8.78 Å². The van der Waals surface area contributed by atoms with E-state index in [2.05, 4.69) is 10.9 Å². The first-order chi connectivity index (χ1) is 13.1. The molecule has 2 aromatic carbocycles. The highest BCUT2D eigenvalue weighted by molar-refractivity contribution is 7.16. The van der Waals surface area contributed by atoms with Gasteiger partial charge in [-0.1, -0.05) is 17.3 Å². The number of terminal acetylenes is 1. The van der Waals surface area contributed by atoms with Gasteiger partial charge < -0.3 is 14.0 Å². The van der Waals surface area contributed by atoms with Crippen molar-refractivity contribution in [3.8, 4) is 23.8 Å². The van der Waals surface area contributed by atoms with Gasteiger partial charge in [0.25, 0.3) is 5.91 Å². The van der Waals surface area contributed by atoms with E-state index in [4.69, 9.17) is 15.9 Å². The highest BCUT2D eigenvalue weighted by Crippen LogP contribution is 2.31.